The van der Waals surface area contributed by atoms with Gasteiger partial charge < -0.3 is 5.32 Å². The monoisotopic (exact) mass is 205 g/mol. The van der Waals surface area contributed by atoms with Crippen molar-refractivity contribution < 1.29 is 0 Å². The Balaban J connectivity index is 1.98. The third-order valence-corrected chi connectivity index (χ3v) is 3.21. The summed E-state index contributed by atoms with van der Waals surface area (Å²) in [6, 6.07) is 0. The SMILES string of the molecule is C(=C1\CCNC1)/c1cn2ccsc2n1. The summed E-state index contributed by atoms with van der Waals surface area (Å²) < 4.78 is 2.07. The van der Waals surface area contributed by atoms with Gasteiger partial charge in [-0.05, 0) is 19.0 Å². The number of nitrogens with one attached hydrogen (secondary N) is 1. The highest BCUT2D eigenvalue weighted by molar-refractivity contribution is 7.15. The summed E-state index contributed by atoms with van der Waals surface area (Å²) in [7, 11) is 0. The van der Waals surface area contributed by atoms with Crippen molar-refractivity contribution in [2.45, 2.75) is 6.42 Å². The molecule has 2 aromatic heterocycles. The van der Waals surface area contributed by atoms with Gasteiger partial charge in [-0.3, -0.25) is 4.40 Å². The van der Waals surface area contributed by atoms with Crippen molar-refractivity contribution in [1.82, 2.24) is 14.7 Å². The highest BCUT2D eigenvalue weighted by atomic mass is 32.1. The van der Waals surface area contributed by atoms with Crippen LogP contribution >= 0.6 is 11.3 Å². The molecule has 3 nitrogen and oxygen atoms in total. The smallest absolute Gasteiger partial charge is 0.194 e. The van der Waals surface area contributed by atoms with E-state index in [0.717, 1.165) is 30.2 Å². The maximum Gasteiger partial charge on any atom is 0.194 e. The second kappa shape index (κ2) is 3.22. The number of aromatic nitrogens is 2. The van der Waals surface area contributed by atoms with Crippen molar-refractivity contribution in [1.29, 1.82) is 0 Å². The van der Waals surface area contributed by atoms with Gasteiger partial charge in [-0.1, -0.05) is 5.57 Å². The van der Waals surface area contributed by atoms with Crippen molar-refractivity contribution in [3.63, 3.8) is 0 Å². The molecule has 2 aromatic rings. The van der Waals surface area contributed by atoms with E-state index in [2.05, 4.69) is 32.4 Å². The number of hydrogen-bond donors (Lipinski definition) is 1. The van der Waals surface area contributed by atoms with Gasteiger partial charge in [0.25, 0.3) is 0 Å². The van der Waals surface area contributed by atoms with E-state index in [1.807, 2.05) is 6.20 Å². The van der Waals surface area contributed by atoms with Crippen LogP contribution in [0.2, 0.25) is 0 Å². The molecule has 3 rings (SSSR count). The molecule has 0 amide bonds. The molecule has 72 valence electrons. The average molecular weight is 205 g/mol. The lowest BCUT2D eigenvalue weighted by Crippen LogP contribution is -2.04. The van der Waals surface area contributed by atoms with Gasteiger partial charge in [-0.2, -0.15) is 0 Å². The minimum atomic E-state index is 1.02. The van der Waals surface area contributed by atoms with Crippen LogP contribution in [0.3, 0.4) is 0 Å². The number of imidazole rings is 1. The maximum absolute atomic E-state index is 4.51. The fraction of sp³-hybridized carbons (Fsp3) is 0.300. The number of hydrogen-bond acceptors (Lipinski definition) is 3. The first-order chi connectivity index (χ1) is 6.92. The summed E-state index contributed by atoms with van der Waals surface area (Å²) in [5.74, 6) is 0. The van der Waals surface area contributed by atoms with E-state index >= 15 is 0 Å². The second-order valence-electron chi connectivity index (χ2n) is 3.49. The summed E-state index contributed by atoms with van der Waals surface area (Å²) >= 11 is 1.67. The zero-order chi connectivity index (χ0) is 9.38. The maximum atomic E-state index is 4.51. The molecule has 1 aliphatic rings. The molecule has 0 spiro atoms. The highest BCUT2D eigenvalue weighted by Gasteiger charge is 2.06. The van der Waals surface area contributed by atoms with E-state index in [0.29, 0.717) is 0 Å². The Bertz CT molecular complexity index is 444. The van der Waals surface area contributed by atoms with Gasteiger partial charge in [-0.15, -0.1) is 11.3 Å². The zero-order valence-corrected chi connectivity index (χ0v) is 8.55. The van der Waals surface area contributed by atoms with Crippen LogP contribution in [0.1, 0.15) is 12.1 Å². The molecule has 1 N–H and O–H groups in total. The van der Waals surface area contributed by atoms with Crippen LogP contribution in [0.25, 0.3) is 11.0 Å². The lowest BCUT2D eigenvalue weighted by molar-refractivity contribution is 0.862. The minimum Gasteiger partial charge on any atom is -0.313 e. The first kappa shape index (κ1) is 8.20. The van der Waals surface area contributed by atoms with Crippen molar-refractivity contribution in [2.75, 3.05) is 13.1 Å². The molecule has 1 saturated heterocycles. The number of nitrogens with zero attached hydrogens (tertiary/aromatic N) is 2. The van der Waals surface area contributed by atoms with Crippen LogP contribution in [0.4, 0.5) is 0 Å². The van der Waals surface area contributed by atoms with Gasteiger partial charge in [0.2, 0.25) is 0 Å². The fourth-order valence-electron chi connectivity index (χ4n) is 1.73. The minimum absolute atomic E-state index is 1.02. The van der Waals surface area contributed by atoms with Crippen molar-refractivity contribution >= 4 is 22.4 Å². The van der Waals surface area contributed by atoms with Crippen LogP contribution in [0, 0.1) is 0 Å². The third kappa shape index (κ3) is 1.36. The molecule has 0 saturated carbocycles. The van der Waals surface area contributed by atoms with Gasteiger partial charge in [0.1, 0.15) is 0 Å². The molecular weight excluding hydrogens is 194 g/mol. The molecule has 0 radical (unpaired) electrons. The molecule has 0 bridgehead atoms. The standard InChI is InChI=1S/C10H11N3S/c1-2-11-6-8(1)5-9-7-13-3-4-14-10(13)12-9/h3-5,7,11H,1-2,6H2/b8-5-. The number of thiazole rings is 1. The predicted octanol–water partition coefficient (Wildman–Crippen LogP) is 1.77. The summed E-state index contributed by atoms with van der Waals surface area (Å²) in [6.07, 6.45) is 7.48. The molecule has 3 heterocycles. The van der Waals surface area contributed by atoms with Crippen molar-refractivity contribution in [3.05, 3.63) is 29.0 Å². The summed E-state index contributed by atoms with van der Waals surface area (Å²) in [4.78, 5) is 5.59. The van der Waals surface area contributed by atoms with E-state index < -0.39 is 0 Å². The van der Waals surface area contributed by atoms with Gasteiger partial charge >= 0.3 is 0 Å². The van der Waals surface area contributed by atoms with Crippen molar-refractivity contribution in [3.8, 4) is 0 Å². The molecule has 0 atom stereocenters. The summed E-state index contributed by atoms with van der Waals surface area (Å²) in [5.41, 5.74) is 2.53. The van der Waals surface area contributed by atoms with Gasteiger partial charge in [0, 0.05) is 24.3 Å². The predicted molar refractivity (Wildman–Crippen MR) is 58.5 cm³/mol. The first-order valence-corrected chi connectivity index (χ1v) is 5.62. The Morgan fingerprint density at radius 1 is 1.57 bits per heavy atom. The van der Waals surface area contributed by atoms with Crippen LogP contribution in [0.15, 0.2) is 23.3 Å². The molecule has 0 aromatic carbocycles. The normalized spacial score (nSPS) is 19.9. The van der Waals surface area contributed by atoms with E-state index in [1.165, 1.54) is 5.57 Å². The Morgan fingerprint density at radius 3 is 3.36 bits per heavy atom. The average Bonchev–Trinajstić information content (AvgIpc) is 2.78. The van der Waals surface area contributed by atoms with Crippen LogP contribution in [-0.4, -0.2) is 22.5 Å². The van der Waals surface area contributed by atoms with Gasteiger partial charge in [0.05, 0.1) is 5.69 Å². The topological polar surface area (TPSA) is 29.3 Å². The van der Waals surface area contributed by atoms with Crippen LogP contribution < -0.4 is 5.32 Å². The molecule has 14 heavy (non-hydrogen) atoms. The van der Waals surface area contributed by atoms with E-state index in [4.69, 9.17) is 0 Å². The zero-order valence-electron chi connectivity index (χ0n) is 7.73. The Hall–Kier alpha value is -1.13. The van der Waals surface area contributed by atoms with Gasteiger partial charge in [-0.25, -0.2) is 4.98 Å². The van der Waals surface area contributed by atoms with Crippen LogP contribution in [-0.2, 0) is 0 Å². The largest absolute Gasteiger partial charge is 0.313 e. The molecular formula is C10H11N3S. The van der Waals surface area contributed by atoms with E-state index in [9.17, 15) is 0 Å². The quantitative estimate of drug-likeness (QED) is 0.769. The van der Waals surface area contributed by atoms with E-state index in [-0.39, 0.29) is 0 Å². The molecule has 0 unspecified atom stereocenters. The Kier molecular flexibility index (Phi) is 1.89. The molecule has 1 fully saturated rings. The van der Waals surface area contributed by atoms with Crippen LogP contribution in [0.5, 0.6) is 0 Å². The summed E-state index contributed by atoms with van der Waals surface area (Å²) in [6.45, 7) is 2.12. The third-order valence-electron chi connectivity index (χ3n) is 2.44. The molecule has 1 aliphatic heterocycles. The highest BCUT2D eigenvalue weighted by Crippen LogP contribution is 2.15. The number of fused-ring (bicyclic) bond motifs is 1. The van der Waals surface area contributed by atoms with Crippen molar-refractivity contribution in [2.24, 2.45) is 0 Å². The Labute approximate surface area is 86.1 Å². The van der Waals surface area contributed by atoms with Gasteiger partial charge in [0.15, 0.2) is 4.96 Å². The molecule has 0 aliphatic carbocycles. The molecule has 4 heteroatoms. The lowest BCUT2D eigenvalue weighted by Gasteiger charge is -1.90. The first-order valence-electron chi connectivity index (χ1n) is 4.74. The summed E-state index contributed by atoms with van der Waals surface area (Å²) in [5, 5.41) is 5.37. The van der Waals surface area contributed by atoms with E-state index in [1.54, 1.807) is 11.3 Å². The number of rotatable bonds is 1. The lowest BCUT2D eigenvalue weighted by atomic mass is 10.2. The fourth-order valence-corrected chi connectivity index (χ4v) is 2.44. The Morgan fingerprint density at radius 2 is 2.57 bits per heavy atom. The second-order valence-corrected chi connectivity index (χ2v) is 4.36.